The fourth-order valence-electron chi connectivity index (χ4n) is 1.49. The number of amides is 1. The fraction of sp³-hybridized carbons (Fsp3) is 0.500. The first-order chi connectivity index (χ1) is 8.19. The Balaban J connectivity index is 2.75. The van der Waals surface area contributed by atoms with Crippen molar-refractivity contribution in [1.29, 1.82) is 0 Å². The molecular formula is C12H17BrN2O2. The van der Waals surface area contributed by atoms with Crippen LogP contribution in [0.2, 0.25) is 0 Å². The van der Waals surface area contributed by atoms with E-state index in [0.717, 1.165) is 24.7 Å². The van der Waals surface area contributed by atoms with Crippen molar-refractivity contribution in [2.75, 3.05) is 18.4 Å². The van der Waals surface area contributed by atoms with Crippen LogP contribution in [0.1, 0.15) is 30.1 Å². The molecule has 0 saturated heterocycles. The van der Waals surface area contributed by atoms with E-state index in [1.165, 1.54) is 12.3 Å². The van der Waals surface area contributed by atoms with E-state index < -0.39 is 0 Å². The Hall–Kier alpha value is -1.10. The molecule has 0 aliphatic heterocycles. The highest BCUT2D eigenvalue weighted by Gasteiger charge is 2.14. The smallest absolute Gasteiger partial charge is 0.255 e. The van der Waals surface area contributed by atoms with E-state index in [9.17, 15) is 9.59 Å². The van der Waals surface area contributed by atoms with Crippen molar-refractivity contribution in [3.8, 4) is 0 Å². The standard InChI is InChI=1S/C12H17BrN2O2/c1-2-3-7-15(8-6-13)12(17)10-4-5-11(16)14-9-10/h4-5,9H,2-3,6-8H2,1H3,(H,14,16). The molecule has 1 heterocycles. The summed E-state index contributed by atoms with van der Waals surface area (Å²) in [5, 5.41) is 0.756. The molecule has 1 aromatic heterocycles. The van der Waals surface area contributed by atoms with Gasteiger partial charge in [0.05, 0.1) is 5.56 Å². The minimum atomic E-state index is -0.192. The number of nitrogens with one attached hydrogen (secondary N) is 1. The summed E-state index contributed by atoms with van der Waals surface area (Å²) < 4.78 is 0. The van der Waals surface area contributed by atoms with E-state index >= 15 is 0 Å². The highest BCUT2D eigenvalue weighted by Crippen LogP contribution is 2.04. The molecule has 5 heteroatoms. The minimum absolute atomic E-state index is 0.0332. The van der Waals surface area contributed by atoms with Crippen molar-refractivity contribution < 1.29 is 4.79 Å². The molecule has 17 heavy (non-hydrogen) atoms. The third-order valence-corrected chi connectivity index (χ3v) is 2.81. The number of aromatic amines is 1. The molecule has 1 N–H and O–H groups in total. The maximum atomic E-state index is 12.1. The van der Waals surface area contributed by atoms with Crippen LogP contribution in [0.25, 0.3) is 0 Å². The maximum Gasteiger partial charge on any atom is 0.255 e. The molecule has 0 atom stereocenters. The van der Waals surface area contributed by atoms with Crippen LogP contribution >= 0.6 is 15.9 Å². The molecule has 0 aliphatic carbocycles. The predicted octanol–water partition coefficient (Wildman–Crippen LogP) is 2.01. The SMILES string of the molecule is CCCCN(CCBr)C(=O)c1ccc(=O)[nH]c1. The number of carbonyl (C=O) groups excluding carboxylic acids is 1. The van der Waals surface area contributed by atoms with Gasteiger partial charge in [-0.3, -0.25) is 9.59 Å². The fourth-order valence-corrected chi connectivity index (χ4v) is 1.92. The molecule has 0 aromatic carbocycles. The molecule has 0 aliphatic rings. The van der Waals surface area contributed by atoms with Gasteiger partial charge in [0.15, 0.2) is 0 Å². The highest BCUT2D eigenvalue weighted by atomic mass is 79.9. The Kier molecular flexibility index (Phi) is 5.97. The molecule has 1 aromatic rings. The summed E-state index contributed by atoms with van der Waals surface area (Å²) in [7, 11) is 0. The maximum absolute atomic E-state index is 12.1. The van der Waals surface area contributed by atoms with Crippen LogP contribution in [0, 0.1) is 0 Å². The van der Waals surface area contributed by atoms with Crippen molar-refractivity contribution in [3.63, 3.8) is 0 Å². The average molecular weight is 301 g/mol. The second kappa shape index (κ2) is 7.27. The Bertz CT molecular complexity index is 397. The Labute approximate surface area is 109 Å². The number of unbranched alkanes of at least 4 members (excludes halogenated alkanes) is 1. The normalized spacial score (nSPS) is 10.2. The van der Waals surface area contributed by atoms with Crippen molar-refractivity contribution in [3.05, 3.63) is 34.2 Å². The number of pyridine rings is 1. The summed E-state index contributed by atoms with van der Waals surface area (Å²) in [6.45, 7) is 3.52. The van der Waals surface area contributed by atoms with Crippen LogP contribution in [0.4, 0.5) is 0 Å². The van der Waals surface area contributed by atoms with Crippen molar-refractivity contribution in [2.45, 2.75) is 19.8 Å². The van der Waals surface area contributed by atoms with E-state index in [1.54, 1.807) is 11.0 Å². The van der Waals surface area contributed by atoms with Gasteiger partial charge in [0.25, 0.3) is 5.91 Å². The molecule has 0 spiro atoms. The number of alkyl halides is 1. The molecular weight excluding hydrogens is 284 g/mol. The third kappa shape index (κ3) is 4.34. The second-order valence-corrected chi connectivity index (χ2v) is 4.57. The van der Waals surface area contributed by atoms with Gasteiger partial charge in [0, 0.05) is 30.7 Å². The number of nitrogens with zero attached hydrogens (tertiary/aromatic N) is 1. The molecule has 0 unspecified atom stereocenters. The van der Waals surface area contributed by atoms with Crippen molar-refractivity contribution >= 4 is 21.8 Å². The zero-order valence-corrected chi connectivity index (χ0v) is 11.5. The predicted molar refractivity (Wildman–Crippen MR) is 71.7 cm³/mol. The monoisotopic (exact) mass is 300 g/mol. The van der Waals surface area contributed by atoms with E-state index in [4.69, 9.17) is 0 Å². The topological polar surface area (TPSA) is 53.2 Å². The van der Waals surface area contributed by atoms with Crippen LogP contribution in [-0.4, -0.2) is 34.2 Å². The van der Waals surface area contributed by atoms with E-state index in [2.05, 4.69) is 27.8 Å². The van der Waals surface area contributed by atoms with Gasteiger partial charge in [-0.15, -0.1) is 0 Å². The summed E-state index contributed by atoms with van der Waals surface area (Å²) in [6, 6.07) is 2.94. The van der Waals surface area contributed by atoms with Crippen molar-refractivity contribution in [2.24, 2.45) is 0 Å². The Morgan fingerprint density at radius 3 is 2.71 bits per heavy atom. The minimum Gasteiger partial charge on any atom is -0.338 e. The van der Waals surface area contributed by atoms with Gasteiger partial charge in [0.1, 0.15) is 0 Å². The number of H-pyrrole nitrogens is 1. The number of halogens is 1. The number of hydrogen-bond donors (Lipinski definition) is 1. The van der Waals surface area contributed by atoms with E-state index in [-0.39, 0.29) is 11.5 Å². The van der Waals surface area contributed by atoms with Crippen molar-refractivity contribution in [1.82, 2.24) is 9.88 Å². The van der Waals surface area contributed by atoms with Gasteiger partial charge in [-0.25, -0.2) is 0 Å². The Morgan fingerprint density at radius 2 is 2.18 bits per heavy atom. The first-order valence-electron chi connectivity index (χ1n) is 5.73. The molecule has 0 saturated carbocycles. The summed E-state index contributed by atoms with van der Waals surface area (Å²) in [5.74, 6) is -0.0332. The second-order valence-electron chi connectivity index (χ2n) is 3.78. The molecule has 94 valence electrons. The summed E-state index contributed by atoms with van der Waals surface area (Å²) >= 11 is 3.34. The van der Waals surface area contributed by atoms with E-state index in [1.807, 2.05) is 0 Å². The lowest BCUT2D eigenvalue weighted by Gasteiger charge is -2.21. The third-order valence-electron chi connectivity index (χ3n) is 2.45. The Morgan fingerprint density at radius 1 is 1.41 bits per heavy atom. The van der Waals surface area contributed by atoms with Crippen LogP contribution in [0.5, 0.6) is 0 Å². The van der Waals surface area contributed by atoms with E-state index in [0.29, 0.717) is 12.1 Å². The molecule has 0 fully saturated rings. The number of hydrogen-bond acceptors (Lipinski definition) is 2. The number of rotatable bonds is 6. The summed E-state index contributed by atoms with van der Waals surface area (Å²) in [5.41, 5.74) is 0.337. The molecule has 4 nitrogen and oxygen atoms in total. The zero-order valence-electron chi connectivity index (χ0n) is 9.91. The highest BCUT2D eigenvalue weighted by molar-refractivity contribution is 9.09. The molecule has 0 bridgehead atoms. The average Bonchev–Trinajstić information content (AvgIpc) is 2.34. The molecule has 0 radical (unpaired) electrons. The van der Waals surface area contributed by atoms with Crippen LogP contribution in [0.3, 0.4) is 0 Å². The number of aromatic nitrogens is 1. The summed E-state index contributed by atoms with van der Waals surface area (Å²) in [4.78, 5) is 27.4. The first-order valence-corrected chi connectivity index (χ1v) is 6.85. The number of carbonyl (C=O) groups is 1. The van der Waals surface area contributed by atoms with Crippen LogP contribution < -0.4 is 5.56 Å². The quantitative estimate of drug-likeness (QED) is 0.817. The van der Waals surface area contributed by atoms with Gasteiger partial charge < -0.3 is 9.88 Å². The van der Waals surface area contributed by atoms with Gasteiger partial charge in [0.2, 0.25) is 5.56 Å². The molecule has 1 rings (SSSR count). The molecule has 1 amide bonds. The van der Waals surface area contributed by atoms with Crippen LogP contribution in [0.15, 0.2) is 23.1 Å². The van der Waals surface area contributed by atoms with Gasteiger partial charge in [-0.1, -0.05) is 29.3 Å². The lowest BCUT2D eigenvalue weighted by molar-refractivity contribution is 0.0764. The van der Waals surface area contributed by atoms with Crippen LogP contribution in [-0.2, 0) is 0 Å². The lowest BCUT2D eigenvalue weighted by Crippen LogP contribution is -2.33. The lowest BCUT2D eigenvalue weighted by atomic mass is 10.2. The van der Waals surface area contributed by atoms with Gasteiger partial charge >= 0.3 is 0 Å². The summed E-state index contributed by atoms with van der Waals surface area (Å²) in [6.07, 6.45) is 3.51. The first kappa shape index (κ1) is 14.0. The van der Waals surface area contributed by atoms with Gasteiger partial charge in [-0.2, -0.15) is 0 Å². The van der Waals surface area contributed by atoms with Gasteiger partial charge in [-0.05, 0) is 12.5 Å². The zero-order chi connectivity index (χ0) is 12.7. The largest absolute Gasteiger partial charge is 0.338 e.